The molecule has 1 saturated heterocycles. The number of nitrogens with zero attached hydrogens (tertiary/aromatic N) is 1. The molecular weight excluding hydrogens is 208 g/mol. The van der Waals surface area contributed by atoms with Crippen LogP contribution in [0.4, 0.5) is 0 Å². The topological polar surface area (TPSA) is 58.6 Å². The Morgan fingerprint density at radius 3 is 2.88 bits per heavy atom. The van der Waals surface area contributed by atoms with Crippen molar-refractivity contribution >= 4 is 11.9 Å². The summed E-state index contributed by atoms with van der Waals surface area (Å²) in [4.78, 5) is 24.3. The SMILES string of the molecule is COC(=O)C1CCCN(CCNC(C)=O)C1. The minimum atomic E-state index is -0.121. The van der Waals surface area contributed by atoms with Gasteiger partial charge in [-0.1, -0.05) is 0 Å². The molecule has 0 aromatic rings. The van der Waals surface area contributed by atoms with Crippen LogP contribution in [0, 0.1) is 5.92 Å². The number of methoxy groups -OCH3 is 1. The summed E-state index contributed by atoms with van der Waals surface area (Å²) in [6.07, 6.45) is 1.92. The van der Waals surface area contributed by atoms with Crippen molar-refractivity contribution in [3.05, 3.63) is 0 Å². The van der Waals surface area contributed by atoms with Gasteiger partial charge >= 0.3 is 5.97 Å². The third kappa shape index (κ3) is 4.18. The first-order valence-electron chi connectivity index (χ1n) is 5.68. The third-order valence-corrected chi connectivity index (χ3v) is 2.84. The van der Waals surface area contributed by atoms with E-state index in [9.17, 15) is 9.59 Å². The largest absolute Gasteiger partial charge is 0.469 e. The van der Waals surface area contributed by atoms with Gasteiger partial charge in [0.05, 0.1) is 13.0 Å². The van der Waals surface area contributed by atoms with E-state index in [0.717, 1.165) is 32.5 Å². The Labute approximate surface area is 96.1 Å². The van der Waals surface area contributed by atoms with Crippen LogP contribution in [-0.2, 0) is 14.3 Å². The van der Waals surface area contributed by atoms with Crippen LogP contribution in [0.1, 0.15) is 19.8 Å². The minimum Gasteiger partial charge on any atom is -0.469 e. The number of nitrogens with one attached hydrogen (secondary N) is 1. The molecule has 0 aromatic carbocycles. The number of esters is 1. The molecule has 16 heavy (non-hydrogen) atoms. The molecule has 5 nitrogen and oxygen atoms in total. The standard InChI is InChI=1S/C11H20N2O3/c1-9(14)12-5-7-13-6-3-4-10(8-13)11(15)16-2/h10H,3-8H2,1-2H3,(H,12,14). The number of rotatable bonds is 4. The molecule has 1 atom stereocenters. The van der Waals surface area contributed by atoms with Crippen molar-refractivity contribution in [1.82, 2.24) is 10.2 Å². The van der Waals surface area contributed by atoms with E-state index in [2.05, 4.69) is 10.2 Å². The fraction of sp³-hybridized carbons (Fsp3) is 0.818. The normalized spacial score (nSPS) is 21.5. The molecule has 1 aliphatic heterocycles. The molecule has 1 N–H and O–H groups in total. The lowest BCUT2D eigenvalue weighted by atomic mass is 9.98. The van der Waals surface area contributed by atoms with Crippen molar-refractivity contribution in [2.24, 2.45) is 5.92 Å². The molecule has 1 rings (SSSR count). The number of amides is 1. The lowest BCUT2D eigenvalue weighted by Crippen LogP contribution is -2.42. The maximum Gasteiger partial charge on any atom is 0.309 e. The molecular formula is C11H20N2O3. The van der Waals surface area contributed by atoms with Crippen LogP contribution in [0.3, 0.4) is 0 Å². The van der Waals surface area contributed by atoms with Gasteiger partial charge < -0.3 is 15.0 Å². The molecule has 1 unspecified atom stereocenters. The molecule has 0 spiro atoms. The Bertz CT molecular complexity index is 256. The highest BCUT2D eigenvalue weighted by Gasteiger charge is 2.25. The third-order valence-electron chi connectivity index (χ3n) is 2.84. The number of hydrogen-bond donors (Lipinski definition) is 1. The number of likely N-dealkylation sites (tertiary alicyclic amines) is 1. The molecule has 5 heteroatoms. The van der Waals surface area contributed by atoms with Crippen LogP contribution in [-0.4, -0.2) is 50.1 Å². The van der Waals surface area contributed by atoms with Crippen molar-refractivity contribution in [2.45, 2.75) is 19.8 Å². The van der Waals surface area contributed by atoms with Crippen LogP contribution >= 0.6 is 0 Å². The van der Waals surface area contributed by atoms with E-state index in [0.29, 0.717) is 6.54 Å². The van der Waals surface area contributed by atoms with Crippen molar-refractivity contribution in [1.29, 1.82) is 0 Å². The Balaban J connectivity index is 2.27. The van der Waals surface area contributed by atoms with Crippen molar-refractivity contribution in [3.8, 4) is 0 Å². The molecule has 1 aliphatic rings. The number of hydrogen-bond acceptors (Lipinski definition) is 4. The van der Waals surface area contributed by atoms with E-state index < -0.39 is 0 Å². The highest BCUT2D eigenvalue weighted by atomic mass is 16.5. The summed E-state index contributed by atoms with van der Waals surface area (Å²) < 4.78 is 4.75. The van der Waals surface area contributed by atoms with Crippen LogP contribution in [0.15, 0.2) is 0 Å². The van der Waals surface area contributed by atoms with Crippen molar-refractivity contribution in [3.63, 3.8) is 0 Å². The van der Waals surface area contributed by atoms with Gasteiger partial charge in [-0.15, -0.1) is 0 Å². The van der Waals surface area contributed by atoms with E-state index in [1.54, 1.807) is 0 Å². The van der Waals surface area contributed by atoms with E-state index in [-0.39, 0.29) is 17.8 Å². The fourth-order valence-corrected chi connectivity index (χ4v) is 2.01. The molecule has 0 aliphatic carbocycles. The molecule has 0 radical (unpaired) electrons. The first-order chi connectivity index (χ1) is 7.63. The van der Waals surface area contributed by atoms with Gasteiger partial charge in [0.2, 0.25) is 5.91 Å². The first kappa shape index (κ1) is 13.0. The van der Waals surface area contributed by atoms with E-state index in [4.69, 9.17) is 4.74 Å². The number of carbonyl (C=O) groups is 2. The van der Waals surface area contributed by atoms with Crippen LogP contribution in [0.25, 0.3) is 0 Å². The van der Waals surface area contributed by atoms with Gasteiger partial charge in [-0.3, -0.25) is 9.59 Å². The molecule has 1 heterocycles. The lowest BCUT2D eigenvalue weighted by Gasteiger charge is -2.31. The molecule has 0 bridgehead atoms. The zero-order chi connectivity index (χ0) is 12.0. The summed E-state index contributed by atoms with van der Waals surface area (Å²) in [7, 11) is 1.43. The summed E-state index contributed by atoms with van der Waals surface area (Å²) in [5.74, 6) is -0.137. The summed E-state index contributed by atoms with van der Waals surface area (Å²) in [6, 6.07) is 0. The van der Waals surface area contributed by atoms with Crippen molar-refractivity contribution in [2.75, 3.05) is 33.3 Å². The monoisotopic (exact) mass is 228 g/mol. The van der Waals surface area contributed by atoms with E-state index >= 15 is 0 Å². The summed E-state index contributed by atoms with van der Waals surface area (Å²) >= 11 is 0. The Morgan fingerprint density at radius 2 is 2.25 bits per heavy atom. The average Bonchev–Trinajstić information content (AvgIpc) is 2.28. The van der Waals surface area contributed by atoms with Gasteiger partial charge in [-0.25, -0.2) is 0 Å². The van der Waals surface area contributed by atoms with Crippen LogP contribution in [0.2, 0.25) is 0 Å². The maximum atomic E-state index is 11.4. The first-order valence-corrected chi connectivity index (χ1v) is 5.68. The predicted molar refractivity (Wildman–Crippen MR) is 59.9 cm³/mol. The van der Waals surface area contributed by atoms with Gasteiger partial charge in [0, 0.05) is 26.6 Å². The summed E-state index contributed by atoms with van der Waals surface area (Å²) in [6.45, 7) is 4.68. The highest BCUT2D eigenvalue weighted by molar-refractivity contribution is 5.73. The van der Waals surface area contributed by atoms with Gasteiger partial charge in [0.25, 0.3) is 0 Å². The van der Waals surface area contributed by atoms with Gasteiger partial charge in [0.15, 0.2) is 0 Å². The van der Waals surface area contributed by atoms with Gasteiger partial charge in [-0.05, 0) is 19.4 Å². The zero-order valence-electron chi connectivity index (χ0n) is 9.99. The van der Waals surface area contributed by atoms with Gasteiger partial charge in [-0.2, -0.15) is 0 Å². The Hall–Kier alpha value is -1.10. The van der Waals surface area contributed by atoms with Gasteiger partial charge in [0.1, 0.15) is 0 Å². The molecule has 0 aromatic heterocycles. The summed E-state index contributed by atoms with van der Waals surface area (Å²) in [5.41, 5.74) is 0. The van der Waals surface area contributed by atoms with E-state index in [1.807, 2.05) is 0 Å². The molecule has 1 fully saturated rings. The van der Waals surface area contributed by atoms with Crippen molar-refractivity contribution < 1.29 is 14.3 Å². The molecule has 0 saturated carbocycles. The highest BCUT2D eigenvalue weighted by Crippen LogP contribution is 2.16. The minimum absolute atomic E-state index is 0.00363. The molecule has 92 valence electrons. The Kier molecular flexibility index (Phi) is 5.25. The fourth-order valence-electron chi connectivity index (χ4n) is 2.01. The second-order valence-corrected chi connectivity index (χ2v) is 4.15. The Morgan fingerprint density at radius 1 is 1.50 bits per heavy atom. The smallest absolute Gasteiger partial charge is 0.309 e. The lowest BCUT2D eigenvalue weighted by molar-refractivity contribution is -0.147. The quantitative estimate of drug-likeness (QED) is 0.688. The van der Waals surface area contributed by atoms with Crippen LogP contribution < -0.4 is 5.32 Å². The zero-order valence-corrected chi connectivity index (χ0v) is 9.99. The van der Waals surface area contributed by atoms with E-state index in [1.165, 1.54) is 14.0 Å². The average molecular weight is 228 g/mol. The number of piperidine rings is 1. The molecule has 1 amide bonds. The number of carbonyl (C=O) groups excluding carboxylic acids is 2. The number of ether oxygens (including phenoxy) is 1. The summed E-state index contributed by atoms with van der Waals surface area (Å²) in [5, 5.41) is 2.75. The van der Waals surface area contributed by atoms with Crippen LogP contribution in [0.5, 0.6) is 0 Å². The maximum absolute atomic E-state index is 11.4. The second kappa shape index (κ2) is 6.48. The second-order valence-electron chi connectivity index (χ2n) is 4.15. The predicted octanol–water partition coefficient (Wildman–Crippen LogP) is 0.00750.